The van der Waals surface area contributed by atoms with Crippen LogP contribution in [0.2, 0.25) is 0 Å². The summed E-state index contributed by atoms with van der Waals surface area (Å²) in [6, 6.07) is 0.715. The molecule has 2 rings (SSSR count). The molecule has 1 unspecified atom stereocenters. The fourth-order valence-electron chi connectivity index (χ4n) is 3.51. The lowest BCUT2D eigenvalue weighted by Gasteiger charge is -2.44. The Labute approximate surface area is 119 Å². The average molecular weight is 268 g/mol. The number of hydrogen-bond donors (Lipinski definition) is 0. The summed E-state index contributed by atoms with van der Waals surface area (Å²) in [6.07, 6.45) is 4.52. The van der Waals surface area contributed by atoms with Crippen LogP contribution in [0.25, 0.3) is 0 Å². The SMILES string of the molecule is CCCC(C)O[C@H]1C[C@H]2CN(C(C)(C)C)CCN2C1. The van der Waals surface area contributed by atoms with Crippen LogP contribution in [0.5, 0.6) is 0 Å². The lowest BCUT2D eigenvalue weighted by Crippen LogP contribution is -2.56. The van der Waals surface area contributed by atoms with Crippen molar-refractivity contribution in [3.8, 4) is 0 Å². The van der Waals surface area contributed by atoms with Gasteiger partial charge in [0.25, 0.3) is 0 Å². The number of fused-ring (bicyclic) bond motifs is 1. The van der Waals surface area contributed by atoms with E-state index in [0.29, 0.717) is 23.8 Å². The first-order valence-corrected chi connectivity index (χ1v) is 8.04. The Bertz CT molecular complexity index is 287. The number of nitrogens with zero attached hydrogens (tertiary/aromatic N) is 2. The van der Waals surface area contributed by atoms with Gasteiger partial charge in [-0.15, -0.1) is 0 Å². The average Bonchev–Trinajstić information content (AvgIpc) is 2.68. The minimum atomic E-state index is 0.306. The van der Waals surface area contributed by atoms with E-state index in [-0.39, 0.29) is 0 Å². The predicted molar refractivity (Wildman–Crippen MR) is 80.5 cm³/mol. The monoisotopic (exact) mass is 268 g/mol. The molecular formula is C16H32N2O. The van der Waals surface area contributed by atoms with Crippen LogP contribution in [-0.2, 0) is 4.74 Å². The smallest absolute Gasteiger partial charge is 0.0721 e. The maximum Gasteiger partial charge on any atom is 0.0721 e. The Kier molecular flexibility index (Phi) is 4.91. The zero-order valence-corrected chi connectivity index (χ0v) is 13.5. The van der Waals surface area contributed by atoms with Crippen LogP contribution >= 0.6 is 0 Å². The van der Waals surface area contributed by atoms with Crippen LogP contribution < -0.4 is 0 Å². The third kappa shape index (κ3) is 3.93. The van der Waals surface area contributed by atoms with Gasteiger partial charge in [-0.2, -0.15) is 0 Å². The van der Waals surface area contributed by atoms with E-state index < -0.39 is 0 Å². The van der Waals surface area contributed by atoms with E-state index >= 15 is 0 Å². The van der Waals surface area contributed by atoms with Crippen molar-refractivity contribution in [2.24, 2.45) is 0 Å². The number of rotatable bonds is 4. The fourth-order valence-corrected chi connectivity index (χ4v) is 3.51. The molecule has 0 spiro atoms. The highest BCUT2D eigenvalue weighted by Gasteiger charge is 2.39. The van der Waals surface area contributed by atoms with Gasteiger partial charge in [-0.1, -0.05) is 13.3 Å². The van der Waals surface area contributed by atoms with Gasteiger partial charge < -0.3 is 4.74 Å². The summed E-state index contributed by atoms with van der Waals surface area (Å²) in [6.45, 7) is 16.2. The second-order valence-corrected chi connectivity index (χ2v) is 7.36. The second kappa shape index (κ2) is 6.11. The summed E-state index contributed by atoms with van der Waals surface area (Å²) in [4.78, 5) is 5.28. The van der Waals surface area contributed by atoms with Crippen molar-refractivity contribution in [2.45, 2.75) is 77.7 Å². The fraction of sp³-hybridized carbons (Fsp3) is 1.00. The molecule has 19 heavy (non-hydrogen) atoms. The topological polar surface area (TPSA) is 15.7 Å². The van der Waals surface area contributed by atoms with Crippen LogP contribution in [0.3, 0.4) is 0 Å². The molecule has 0 aromatic heterocycles. The summed E-state index contributed by atoms with van der Waals surface area (Å²) in [7, 11) is 0. The van der Waals surface area contributed by atoms with Gasteiger partial charge in [0.1, 0.15) is 0 Å². The van der Waals surface area contributed by atoms with Crippen molar-refractivity contribution >= 4 is 0 Å². The molecule has 0 aromatic rings. The van der Waals surface area contributed by atoms with Crippen LogP contribution in [0.4, 0.5) is 0 Å². The van der Waals surface area contributed by atoms with Crippen molar-refractivity contribution < 1.29 is 4.74 Å². The molecule has 0 amide bonds. The predicted octanol–water partition coefficient (Wildman–Crippen LogP) is 2.75. The van der Waals surface area contributed by atoms with Gasteiger partial charge >= 0.3 is 0 Å². The van der Waals surface area contributed by atoms with E-state index in [2.05, 4.69) is 44.4 Å². The van der Waals surface area contributed by atoms with Crippen molar-refractivity contribution in [1.82, 2.24) is 9.80 Å². The van der Waals surface area contributed by atoms with Crippen molar-refractivity contribution in [1.29, 1.82) is 0 Å². The molecule has 0 N–H and O–H groups in total. The Balaban J connectivity index is 1.84. The maximum atomic E-state index is 6.20. The number of ether oxygens (including phenoxy) is 1. The first-order valence-electron chi connectivity index (χ1n) is 8.04. The van der Waals surface area contributed by atoms with Crippen LogP contribution in [-0.4, -0.2) is 59.8 Å². The summed E-state index contributed by atoms with van der Waals surface area (Å²) in [5, 5.41) is 0. The summed E-state index contributed by atoms with van der Waals surface area (Å²) in [5.41, 5.74) is 0.306. The van der Waals surface area contributed by atoms with Gasteiger partial charge in [0, 0.05) is 37.8 Å². The van der Waals surface area contributed by atoms with Crippen molar-refractivity contribution in [3.05, 3.63) is 0 Å². The summed E-state index contributed by atoms with van der Waals surface area (Å²) < 4.78 is 6.20. The molecule has 2 fully saturated rings. The molecule has 3 atom stereocenters. The Morgan fingerprint density at radius 1 is 1.21 bits per heavy atom. The molecule has 2 aliphatic rings. The molecule has 0 aliphatic carbocycles. The Hall–Kier alpha value is -0.120. The first kappa shape index (κ1) is 15.3. The summed E-state index contributed by atoms with van der Waals surface area (Å²) in [5.74, 6) is 0. The summed E-state index contributed by atoms with van der Waals surface area (Å²) >= 11 is 0. The number of hydrogen-bond acceptors (Lipinski definition) is 3. The third-order valence-electron chi connectivity index (χ3n) is 4.65. The van der Waals surface area contributed by atoms with E-state index in [1.807, 2.05) is 0 Å². The van der Waals surface area contributed by atoms with Crippen molar-refractivity contribution in [2.75, 3.05) is 26.2 Å². The highest BCUT2D eigenvalue weighted by atomic mass is 16.5. The quantitative estimate of drug-likeness (QED) is 0.780. The maximum absolute atomic E-state index is 6.20. The van der Waals surface area contributed by atoms with Gasteiger partial charge in [-0.05, 0) is 40.5 Å². The zero-order chi connectivity index (χ0) is 14.0. The molecule has 2 heterocycles. The highest BCUT2D eigenvalue weighted by Crippen LogP contribution is 2.28. The van der Waals surface area contributed by atoms with E-state index in [9.17, 15) is 0 Å². The second-order valence-electron chi connectivity index (χ2n) is 7.36. The van der Waals surface area contributed by atoms with Gasteiger partial charge in [-0.25, -0.2) is 0 Å². The highest BCUT2D eigenvalue weighted by molar-refractivity contribution is 4.94. The largest absolute Gasteiger partial charge is 0.374 e. The van der Waals surface area contributed by atoms with Crippen molar-refractivity contribution in [3.63, 3.8) is 0 Å². The normalized spacial score (nSPS) is 31.4. The molecule has 112 valence electrons. The lowest BCUT2D eigenvalue weighted by atomic mass is 10.0. The molecule has 3 nitrogen and oxygen atoms in total. The number of piperazine rings is 1. The Morgan fingerprint density at radius 2 is 1.95 bits per heavy atom. The van der Waals surface area contributed by atoms with E-state index in [1.165, 1.54) is 38.9 Å². The van der Waals surface area contributed by atoms with Gasteiger partial charge in [0.05, 0.1) is 12.2 Å². The third-order valence-corrected chi connectivity index (χ3v) is 4.65. The van der Waals surface area contributed by atoms with E-state index in [4.69, 9.17) is 4.74 Å². The molecular weight excluding hydrogens is 236 g/mol. The molecule has 2 aliphatic heterocycles. The molecule has 0 bridgehead atoms. The van der Waals surface area contributed by atoms with Gasteiger partial charge in [0.2, 0.25) is 0 Å². The lowest BCUT2D eigenvalue weighted by molar-refractivity contribution is -0.000823. The molecule has 3 heteroatoms. The van der Waals surface area contributed by atoms with Crippen LogP contribution in [0, 0.1) is 0 Å². The minimum Gasteiger partial charge on any atom is -0.374 e. The first-order chi connectivity index (χ1) is 8.90. The molecule has 0 saturated carbocycles. The molecule has 0 aromatic carbocycles. The van der Waals surface area contributed by atoms with Crippen LogP contribution in [0.1, 0.15) is 53.9 Å². The van der Waals surface area contributed by atoms with Crippen LogP contribution in [0.15, 0.2) is 0 Å². The van der Waals surface area contributed by atoms with Gasteiger partial charge in [0.15, 0.2) is 0 Å². The molecule has 2 saturated heterocycles. The van der Waals surface area contributed by atoms with Gasteiger partial charge in [-0.3, -0.25) is 9.80 Å². The zero-order valence-electron chi connectivity index (χ0n) is 13.5. The van der Waals surface area contributed by atoms with E-state index in [0.717, 1.165) is 6.54 Å². The Morgan fingerprint density at radius 3 is 2.58 bits per heavy atom. The molecule has 0 radical (unpaired) electrons. The van der Waals surface area contributed by atoms with E-state index in [1.54, 1.807) is 0 Å². The minimum absolute atomic E-state index is 0.306. The standard InChI is InChI=1S/C16H32N2O/c1-6-7-13(2)19-15-10-14-11-18(16(3,4)5)9-8-17(14)12-15/h13-15H,6-12H2,1-5H3/t13?,14-,15-/m0/s1.